The van der Waals surface area contributed by atoms with Gasteiger partial charge in [0.1, 0.15) is 5.82 Å². The number of benzene rings is 2. The molecule has 2 aliphatic heterocycles. The average Bonchev–Trinajstić information content (AvgIpc) is 3.03. The van der Waals surface area contributed by atoms with Crippen molar-refractivity contribution in [3.8, 4) is 0 Å². The summed E-state index contributed by atoms with van der Waals surface area (Å²) < 4.78 is 38.0. The lowest BCUT2D eigenvalue weighted by molar-refractivity contribution is -0.256. The van der Waals surface area contributed by atoms with Crippen LogP contribution < -0.4 is 4.90 Å². The van der Waals surface area contributed by atoms with Gasteiger partial charge in [-0.05, 0) is 48.9 Å². The summed E-state index contributed by atoms with van der Waals surface area (Å²) in [6.07, 6.45) is 2.24. The maximum atomic E-state index is 13.5. The number of amides is 1. The Hall–Kier alpha value is -3.07. The molecule has 2 aliphatic rings. The monoisotopic (exact) mass is 422 g/mol. The second kappa shape index (κ2) is 7.02. The molecule has 1 spiro atoms. The number of aromatic nitrogens is 1. The molecule has 0 atom stereocenters. The van der Waals surface area contributed by atoms with E-state index in [1.54, 1.807) is 48.7 Å². The molecule has 152 valence electrons. The van der Waals surface area contributed by atoms with Gasteiger partial charge in [0.25, 0.3) is 11.7 Å². The maximum Gasteiger partial charge on any atom is 0.298 e. The van der Waals surface area contributed by atoms with Crippen molar-refractivity contribution in [2.24, 2.45) is 0 Å². The van der Waals surface area contributed by atoms with Crippen molar-refractivity contribution >= 4 is 27.2 Å². The van der Waals surface area contributed by atoms with Gasteiger partial charge in [0.2, 0.25) is 9.84 Å². The van der Waals surface area contributed by atoms with E-state index in [2.05, 4.69) is 4.98 Å². The number of sulfone groups is 1. The minimum Gasteiger partial charge on any atom is -0.338 e. The summed E-state index contributed by atoms with van der Waals surface area (Å²) >= 11 is 0. The first-order chi connectivity index (χ1) is 14.5. The van der Waals surface area contributed by atoms with E-state index in [1.165, 1.54) is 29.2 Å². The molecule has 1 amide bonds. The number of fused-ring (bicyclic) bond motifs is 2. The van der Waals surface area contributed by atoms with Gasteiger partial charge < -0.3 is 9.47 Å². The first-order valence-electron chi connectivity index (χ1n) is 9.52. The Bertz CT molecular complexity index is 1210. The van der Waals surface area contributed by atoms with Crippen LogP contribution in [0.15, 0.2) is 82.7 Å². The molecule has 7 nitrogen and oxygen atoms in total. The van der Waals surface area contributed by atoms with Gasteiger partial charge in [-0.1, -0.05) is 24.3 Å². The van der Waals surface area contributed by atoms with Crippen LogP contribution in [0.2, 0.25) is 0 Å². The lowest BCUT2D eigenvalue weighted by atomic mass is 10.1. The van der Waals surface area contributed by atoms with Gasteiger partial charge in [-0.15, -0.1) is 0 Å². The van der Waals surface area contributed by atoms with Crippen LogP contribution in [0.1, 0.15) is 12.0 Å². The first-order valence-corrected chi connectivity index (χ1v) is 11.0. The molecule has 0 unspecified atom stereocenters. The molecule has 1 fully saturated rings. The summed E-state index contributed by atoms with van der Waals surface area (Å²) in [4.78, 5) is 19.4. The van der Waals surface area contributed by atoms with E-state index in [-0.39, 0.29) is 9.79 Å². The number of ether oxygens (including phenoxy) is 2. The molecular formula is C22H18N2O5S. The van der Waals surface area contributed by atoms with Gasteiger partial charge in [0.15, 0.2) is 0 Å². The highest BCUT2D eigenvalue weighted by atomic mass is 32.2. The Labute approximate surface area is 173 Å². The molecule has 2 aromatic carbocycles. The third-order valence-electron chi connectivity index (χ3n) is 5.19. The topological polar surface area (TPSA) is 85.8 Å². The van der Waals surface area contributed by atoms with Crippen LogP contribution in [0.25, 0.3) is 0 Å². The normalized spacial score (nSPS) is 17.9. The average molecular weight is 422 g/mol. The Morgan fingerprint density at radius 2 is 1.63 bits per heavy atom. The van der Waals surface area contributed by atoms with Crippen molar-refractivity contribution < 1.29 is 22.7 Å². The third kappa shape index (κ3) is 2.76. The summed E-state index contributed by atoms with van der Waals surface area (Å²) in [7, 11) is -3.77. The van der Waals surface area contributed by atoms with Gasteiger partial charge in [0, 0.05) is 11.8 Å². The zero-order valence-corrected chi connectivity index (χ0v) is 16.7. The number of nitrogens with zero attached hydrogens (tertiary/aromatic N) is 2. The van der Waals surface area contributed by atoms with Crippen molar-refractivity contribution in [1.29, 1.82) is 0 Å². The molecule has 0 bridgehead atoms. The lowest BCUT2D eigenvalue weighted by Crippen LogP contribution is -2.46. The number of anilines is 2. The standard InChI is InChI=1S/C22H18N2O5S/c25-21-22(28-13-6-14-29-22)18-15-17(30(26,27)16-7-2-1-3-8-16)10-11-19(18)24(21)20-9-4-5-12-23-20/h1-5,7-12,15H,6,13-14H2. The van der Waals surface area contributed by atoms with Gasteiger partial charge in [-0.3, -0.25) is 9.69 Å². The fourth-order valence-corrected chi connectivity index (χ4v) is 5.08. The summed E-state index contributed by atoms with van der Waals surface area (Å²) in [5.41, 5.74) is 0.863. The van der Waals surface area contributed by atoms with E-state index in [0.29, 0.717) is 36.7 Å². The van der Waals surface area contributed by atoms with Crippen LogP contribution >= 0.6 is 0 Å². The van der Waals surface area contributed by atoms with Crippen LogP contribution in [-0.4, -0.2) is 32.5 Å². The van der Waals surface area contributed by atoms with E-state index in [4.69, 9.17) is 9.47 Å². The molecule has 5 rings (SSSR count). The highest BCUT2D eigenvalue weighted by Gasteiger charge is 2.56. The van der Waals surface area contributed by atoms with E-state index in [1.807, 2.05) is 0 Å². The SMILES string of the molecule is O=C1N(c2ccccn2)c2ccc(S(=O)(=O)c3ccccc3)cc2C12OCCCO2. The lowest BCUT2D eigenvalue weighted by Gasteiger charge is -2.32. The van der Waals surface area contributed by atoms with E-state index >= 15 is 0 Å². The summed E-state index contributed by atoms with van der Waals surface area (Å²) in [5, 5.41) is 0. The third-order valence-corrected chi connectivity index (χ3v) is 6.96. The van der Waals surface area contributed by atoms with Crippen LogP contribution in [0.3, 0.4) is 0 Å². The Balaban J connectivity index is 1.70. The van der Waals surface area contributed by atoms with Crippen LogP contribution in [0, 0.1) is 0 Å². The minimum absolute atomic E-state index is 0.0697. The maximum absolute atomic E-state index is 13.5. The molecule has 30 heavy (non-hydrogen) atoms. The smallest absolute Gasteiger partial charge is 0.298 e. The molecule has 0 aliphatic carbocycles. The zero-order chi connectivity index (χ0) is 20.8. The van der Waals surface area contributed by atoms with Crippen molar-refractivity contribution in [3.05, 3.63) is 78.5 Å². The molecule has 3 heterocycles. The molecule has 8 heteroatoms. The number of rotatable bonds is 3. The molecule has 1 saturated heterocycles. The Morgan fingerprint density at radius 3 is 2.33 bits per heavy atom. The van der Waals surface area contributed by atoms with Gasteiger partial charge in [-0.2, -0.15) is 0 Å². The molecule has 0 N–H and O–H groups in total. The zero-order valence-electron chi connectivity index (χ0n) is 15.9. The van der Waals surface area contributed by atoms with Crippen molar-refractivity contribution in [2.45, 2.75) is 22.0 Å². The number of carbonyl (C=O) groups excluding carboxylic acids is 1. The second-order valence-corrected chi connectivity index (χ2v) is 8.94. The number of hydrogen-bond donors (Lipinski definition) is 0. The summed E-state index contributed by atoms with van der Waals surface area (Å²) in [6, 6.07) is 18.0. The Kier molecular flexibility index (Phi) is 4.43. The molecule has 0 saturated carbocycles. The van der Waals surface area contributed by atoms with E-state index in [9.17, 15) is 13.2 Å². The van der Waals surface area contributed by atoms with Gasteiger partial charge in [-0.25, -0.2) is 13.4 Å². The van der Waals surface area contributed by atoms with Crippen molar-refractivity contribution in [1.82, 2.24) is 4.98 Å². The van der Waals surface area contributed by atoms with Crippen LogP contribution in [0.4, 0.5) is 11.5 Å². The largest absolute Gasteiger partial charge is 0.338 e. The minimum atomic E-state index is -3.77. The quantitative estimate of drug-likeness (QED) is 0.644. The number of pyridine rings is 1. The van der Waals surface area contributed by atoms with E-state index < -0.39 is 21.5 Å². The van der Waals surface area contributed by atoms with Crippen LogP contribution in [-0.2, 0) is 29.9 Å². The first kappa shape index (κ1) is 18.9. The summed E-state index contributed by atoms with van der Waals surface area (Å²) in [5.74, 6) is -1.70. The van der Waals surface area contributed by atoms with Gasteiger partial charge in [0.05, 0.1) is 28.7 Å². The van der Waals surface area contributed by atoms with Crippen molar-refractivity contribution in [2.75, 3.05) is 18.1 Å². The fourth-order valence-electron chi connectivity index (χ4n) is 3.77. The molecular weight excluding hydrogens is 404 g/mol. The highest BCUT2D eigenvalue weighted by Crippen LogP contribution is 2.48. The molecule has 0 radical (unpaired) electrons. The fraction of sp³-hybridized carbons (Fsp3) is 0.182. The number of carbonyl (C=O) groups is 1. The van der Waals surface area contributed by atoms with Gasteiger partial charge >= 0.3 is 0 Å². The highest BCUT2D eigenvalue weighted by molar-refractivity contribution is 7.91. The molecule has 1 aromatic heterocycles. The van der Waals surface area contributed by atoms with Crippen LogP contribution in [0.5, 0.6) is 0 Å². The predicted octanol–water partition coefficient (Wildman–Crippen LogP) is 3.18. The summed E-state index contributed by atoms with van der Waals surface area (Å²) in [6.45, 7) is 0.661. The molecule has 3 aromatic rings. The number of hydrogen-bond acceptors (Lipinski definition) is 6. The van der Waals surface area contributed by atoms with E-state index in [0.717, 1.165) is 0 Å². The van der Waals surface area contributed by atoms with Crippen molar-refractivity contribution in [3.63, 3.8) is 0 Å². The Morgan fingerprint density at radius 1 is 0.900 bits per heavy atom. The second-order valence-electron chi connectivity index (χ2n) is 6.99. The predicted molar refractivity (Wildman–Crippen MR) is 108 cm³/mol.